The summed E-state index contributed by atoms with van der Waals surface area (Å²) in [5.74, 6) is 0.773. The molecule has 1 amide bonds. The fourth-order valence-electron chi connectivity index (χ4n) is 4.47. The van der Waals surface area contributed by atoms with Gasteiger partial charge in [-0.2, -0.15) is 0 Å². The van der Waals surface area contributed by atoms with Crippen molar-refractivity contribution in [1.29, 1.82) is 0 Å². The van der Waals surface area contributed by atoms with Gasteiger partial charge in [-0.15, -0.1) is 0 Å². The van der Waals surface area contributed by atoms with Crippen LogP contribution in [0.15, 0.2) is 66.9 Å². The van der Waals surface area contributed by atoms with Gasteiger partial charge in [0.2, 0.25) is 0 Å². The Labute approximate surface area is 216 Å². The molecule has 2 aromatic carbocycles. The Morgan fingerprint density at radius 1 is 1.00 bits per heavy atom. The largest absolute Gasteiger partial charge is 0.465 e. The molecular formula is C30H42N4O2. The second-order valence-corrected chi connectivity index (χ2v) is 11.8. The number of hydrogen-bond donors (Lipinski definition) is 2. The van der Waals surface area contributed by atoms with Gasteiger partial charge in [-0.1, -0.05) is 102 Å². The first-order valence-electron chi connectivity index (χ1n) is 12.8. The molecule has 6 heteroatoms. The number of aromatic nitrogens is 2. The number of amides is 1. The zero-order chi connectivity index (χ0) is 26.3. The molecule has 1 atom stereocenters. The SMILES string of the molecule is CC(C)(C)CNCCCN(C(=O)O)[C@@H](c1nc(-c2ccccc2)cn1Cc1ccccc1)C(C)(C)C. The second kappa shape index (κ2) is 11.7. The van der Waals surface area contributed by atoms with E-state index in [-0.39, 0.29) is 10.8 Å². The number of nitrogens with one attached hydrogen (secondary N) is 1. The molecule has 0 radical (unpaired) electrons. The summed E-state index contributed by atoms with van der Waals surface area (Å²) < 4.78 is 2.13. The Morgan fingerprint density at radius 3 is 2.17 bits per heavy atom. The molecule has 0 saturated carbocycles. The maximum atomic E-state index is 12.6. The van der Waals surface area contributed by atoms with Gasteiger partial charge in [0.05, 0.1) is 11.7 Å². The molecule has 0 saturated heterocycles. The van der Waals surface area contributed by atoms with Gasteiger partial charge in [0.15, 0.2) is 0 Å². The third-order valence-corrected chi connectivity index (χ3v) is 6.10. The first-order valence-corrected chi connectivity index (χ1v) is 12.8. The number of carboxylic acid groups (broad SMARTS) is 1. The highest BCUT2D eigenvalue weighted by molar-refractivity contribution is 5.66. The number of carbonyl (C=O) groups is 1. The predicted molar refractivity (Wildman–Crippen MR) is 147 cm³/mol. The molecule has 194 valence electrons. The number of rotatable bonds is 10. The maximum absolute atomic E-state index is 12.6. The van der Waals surface area contributed by atoms with Gasteiger partial charge >= 0.3 is 6.09 Å². The summed E-state index contributed by atoms with van der Waals surface area (Å²) in [6, 6.07) is 19.9. The van der Waals surface area contributed by atoms with Crippen LogP contribution in [-0.2, 0) is 6.54 Å². The van der Waals surface area contributed by atoms with Crippen molar-refractivity contribution in [3.63, 3.8) is 0 Å². The van der Waals surface area contributed by atoms with Crippen LogP contribution in [-0.4, -0.2) is 45.3 Å². The molecule has 3 aromatic rings. The molecule has 0 aliphatic carbocycles. The zero-order valence-electron chi connectivity index (χ0n) is 22.7. The Bertz CT molecular complexity index is 1100. The van der Waals surface area contributed by atoms with Crippen LogP contribution in [0.1, 0.15) is 65.4 Å². The van der Waals surface area contributed by atoms with Crippen molar-refractivity contribution in [2.75, 3.05) is 19.6 Å². The minimum Gasteiger partial charge on any atom is -0.465 e. The molecule has 1 heterocycles. The molecule has 1 aromatic heterocycles. The Morgan fingerprint density at radius 2 is 1.61 bits per heavy atom. The molecule has 0 fully saturated rings. The minimum atomic E-state index is -0.915. The highest BCUT2D eigenvalue weighted by atomic mass is 16.4. The number of imidazole rings is 1. The van der Waals surface area contributed by atoms with Crippen LogP contribution in [0.3, 0.4) is 0 Å². The van der Waals surface area contributed by atoms with E-state index in [1.54, 1.807) is 4.90 Å². The van der Waals surface area contributed by atoms with Crippen molar-refractivity contribution in [2.45, 2.75) is 60.5 Å². The van der Waals surface area contributed by atoms with Crippen LogP contribution in [0.4, 0.5) is 4.79 Å². The molecule has 0 aliphatic heterocycles. The summed E-state index contributed by atoms with van der Waals surface area (Å²) in [4.78, 5) is 19.2. The van der Waals surface area contributed by atoms with Crippen molar-refractivity contribution >= 4 is 6.09 Å². The van der Waals surface area contributed by atoms with Crippen molar-refractivity contribution in [2.24, 2.45) is 10.8 Å². The summed E-state index contributed by atoms with van der Waals surface area (Å²) in [5, 5.41) is 13.8. The maximum Gasteiger partial charge on any atom is 0.407 e. The average Bonchev–Trinajstić information content (AvgIpc) is 3.20. The van der Waals surface area contributed by atoms with Gasteiger partial charge in [-0.3, -0.25) is 4.90 Å². The van der Waals surface area contributed by atoms with Crippen molar-refractivity contribution in [3.8, 4) is 11.3 Å². The normalized spacial score (nSPS) is 12.9. The van der Waals surface area contributed by atoms with Gasteiger partial charge in [-0.25, -0.2) is 9.78 Å². The van der Waals surface area contributed by atoms with Crippen molar-refractivity contribution < 1.29 is 9.90 Å². The van der Waals surface area contributed by atoms with Gasteiger partial charge in [0.1, 0.15) is 5.82 Å². The van der Waals surface area contributed by atoms with E-state index in [1.165, 1.54) is 0 Å². The first kappa shape index (κ1) is 27.5. The van der Waals surface area contributed by atoms with Crippen LogP contribution in [0, 0.1) is 10.8 Å². The Kier molecular flexibility index (Phi) is 8.96. The van der Waals surface area contributed by atoms with Gasteiger partial charge in [0, 0.05) is 24.8 Å². The van der Waals surface area contributed by atoms with E-state index in [1.807, 2.05) is 48.5 Å². The van der Waals surface area contributed by atoms with E-state index in [2.05, 4.69) is 69.8 Å². The number of benzene rings is 2. The number of nitrogens with zero attached hydrogens (tertiary/aromatic N) is 3. The fraction of sp³-hybridized carbons (Fsp3) is 0.467. The molecule has 0 bridgehead atoms. The molecule has 2 N–H and O–H groups in total. The molecule has 6 nitrogen and oxygen atoms in total. The predicted octanol–water partition coefficient (Wildman–Crippen LogP) is 6.69. The first-order chi connectivity index (χ1) is 17.0. The van der Waals surface area contributed by atoms with E-state index >= 15 is 0 Å². The van der Waals surface area contributed by atoms with Crippen LogP contribution >= 0.6 is 0 Å². The van der Waals surface area contributed by atoms with Crippen LogP contribution in [0.2, 0.25) is 0 Å². The number of hydrogen-bond acceptors (Lipinski definition) is 3. The topological polar surface area (TPSA) is 70.4 Å². The standard InChI is InChI=1S/C30H42N4O2/c1-29(2,3)22-31-18-13-19-34(28(35)36)26(30(4,5)6)27-32-25(24-16-11-8-12-17-24)21-33(27)20-23-14-9-7-10-15-23/h7-12,14-17,21,26,31H,13,18-20,22H2,1-6H3,(H,35,36)/t26-/m0/s1. The van der Waals surface area contributed by atoms with Crippen molar-refractivity contribution in [3.05, 3.63) is 78.2 Å². The average molecular weight is 491 g/mol. The van der Waals surface area contributed by atoms with E-state index < -0.39 is 12.1 Å². The summed E-state index contributed by atoms with van der Waals surface area (Å²) >= 11 is 0. The highest BCUT2D eigenvalue weighted by Gasteiger charge is 2.38. The lowest BCUT2D eigenvalue weighted by atomic mass is 9.84. The van der Waals surface area contributed by atoms with E-state index in [9.17, 15) is 9.90 Å². The summed E-state index contributed by atoms with van der Waals surface area (Å²) in [6.07, 6.45) is 1.88. The van der Waals surface area contributed by atoms with E-state index in [0.717, 1.165) is 42.2 Å². The lowest BCUT2D eigenvalue weighted by molar-refractivity contribution is 0.0750. The van der Waals surface area contributed by atoms with Crippen molar-refractivity contribution in [1.82, 2.24) is 19.8 Å². The third-order valence-electron chi connectivity index (χ3n) is 6.10. The zero-order valence-corrected chi connectivity index (χ0v) is 22.7. The Balaban J connectivity index is 1.97. The Hall–Kier alpha value is -3.12. The molecule has 0 unspecified atom stereocenters. The summed E-state index contributed by atoms with van der Waals surface area (Å²) in [7, 11) is 0. The smallest absolute Gasteiger partial charge is 0.407 e. The van der Waals surface area contributed by atoms with E-state index in [0.29, 0.717) is 13.1 Å². The molecule has 0 spiro atoms. The molecule has 36 heavy (non-hydrogen) atoms. The van der Waals surface area contributed by atoms with E-state index in [4.69, 9.17) is 4.98 Å². The quantitative estimate of drug-likeness (QED) is 0.311. The molecule has 3 rings (SSSR count). The van der Waals surface area contributed by atoms with Gasteiger partial charge < -0.3 is 15.0 Å². The molecular weight excluding hydrogens is 448 g/mol. The van der Waals surface area contributed by atoms with Crippen LogP contribution in [0.5, 0.6) is 0 Å². The summed E-state index contributed by atoms with van der Waals surface area (Å²) in [6.45, 7) is 15.6. The minimum absolute atomic E-state index is 0.191. The third kappa shape index (κ3) is 7.69. The van der Waals surface area contributed by atoms with Gasteiger partial charge in [-0.05, 0) is 35.9 Å². The van der Waals surface area contributed by atoms with Crippen LogP contribution in [0.25, 0.3) is 11.3 Å². The van der Waals surface area contributed by atoms with Gasteiger partial charge in [0.25, 0.3) is 0 Å². The van der Waals surface area contributed by atoms with Crippen LogP contribution < -0.4 is 5.32 Å². The molecule has 0 aliphatic rings. The summed E-state index contributed by atoms with van der Waals surface area (Å²) in [5.41, 5.74) is 2.86. The highest BCUT2D eigenvalue weighted by Crippen LogP contribution is 2.39. The lowest BCUT2D eigenvalue weighted by Crippen LogP contribution is -2.43. The fourth-order valence-corrected chi connectivity index (χ4v) is 4.47. The lowest BCUT2D eigenvalue weighted by Gasteiger charge is -2.38. The monoisotopic (exact) mass is 490 g/mol. The second-order valence-electron chi connectivity index (χ2n) is 11.8.